The fraction of sp³-hybridized carbons (Fsp3) is 0.450. The van der Waals surface area contributed by atoms with Crippen molar-refractivity contribution in [2.75, 3.05) is 31.1 Å². The Bertz CT molecular complexity index is 854. The van der Waals surface area contributed by atoms with Gasteiger partial charge in [-0.2, -0.15) is 0 Å². The van der Waals surface area contributed by atoms with Crippen LogP contribution in [-0.2, 0) is 17.0 Å². The van der Waals surface area contributed by atoms with Crippen LogP contribution in [-0.4, -0.2) is 53.0 Å². The Morgan fingerprint density at radius 3 is 2.68 bits per heavy atom. The zero-order valence-corrected chi connectivity index (χ0v) is 16.7. The molecular weight excluding hydrogens is 377 g/mol. The first-order valence-electron chi connectivity index (χ1n) is 9.52. The van der Waals surface area contributed by atoms with Crippen molar-refractivity contribution in [3.8, 4) is 0 Å². The number of piperazine rings is 1. The van der Waals surface area contributed by atoms with Crippen LogP contribution < -0.4 is 10.6 Å². The van der Waals surface area contributed by atoms with Gasteiger partial charge in [0, 0.05) is 42.7 Å². The van der Waals surface area contributed by atoms with Crippen molar-refractivity contribution in [2.24, 2.45) is 5.73 Å². The molecule has 2 N–H and O–H groups in total. The number of rotatable bonds is 4. The first kappa shape index (κ1) is 19.1. The Morgan fingerprint density at radius 2 is 1.96 bits per heavy atom. The highest BCUT2D eigenvalue weighted by Gasteiger charge is 2.30. The molecule has 2 aliphatic heterocycles. The van der Waals surface area contributed by atoms with Crippen LogP contribution >= 0.6 is 11.8 Å². The topological polar surface area (TPSA) is 75.4 Å². The molecule has 0 bridgehead atoms. The molecule has 2 aromatic rings. The third-order valence-corrected chi connectivity index (χ3v) is 6.57. The Balaban J connectivity index is 1.37. The van der Waals surface area contributed by atoms with E-state index in [-0.39, 0.29) is 11.7 Å². The van der Waals surface area contributed by atoms with Gasteiger partial charge in [-0.25, -0.2) is 14.4 Å². The summed E-state index contributed by atoms with van der Waals surface area (Å²) in [6.45, 7) is 4.90. The van der Waals surface area contributed by atoms with Gasteiger partial charge in [0.05, 0.1) is 11.7 Å². The number of aromatic nitrogens is 2. The second-order valence-corrected chi connectivity index (χ2v) is 8.59. The normalized spacial score (nSPS) is 20.2. The molecule has 3 heterocycles. The van der Waals surface area contributed by atoms with Gasteiger partial charge in [0.2, 0.25) is 5.91 Å². The molecular formula is C20H24FN5OS. The molecule has 8 heteroatoms. The van der Waals surface area contributed by atoms with Crippen LogP contribution in [0.3, 0.4) is 0 Å². The van der Waals surface area contributed by atoms with Crippen molar-refractivity contribution in [1.29, 1.82) is 0 Å². The number of nitrogens with two attached hydrogens (primary N) is 1. The molecule has 0 spiro atoms. The van der Waals surface area contributed by atoms with Crippen LogP contribution in [0.15, 0.2) is 30.6 Å². The number of hydrogen-bond acceptors (Lipinski definition) is 6. The molecule has 1 aromatic heterocycles. The average molecular weight is 402 g/mol. The number of anilines is 1. The average Bonchev–Trinajstić information content (AvgIpc) is 3.10. The SMILES string of the molecule is C[C@H]1SCc2ncnc(N3CCN(C(=O)[C@H](N)Cc4ccc(F)cc4)CC3)c21. The van der Waals surface area contributed by atoms with Crippen LogP contribution in [0.4, 0.5) is 10.2 Å². The summed E-state index contributed by atoms with van der Waals surface area (Å²) >= 11 is 1.88. The molecule has 148 valence electrons. The molecule has 2 aliphatic rings. The summed E-state index contributed by atoms with van der Waals surface area (Å²) < 4.78 is 13.0. The molecule has 0 aliphatic carbocycles. The lowest BCUT2D eigenvalue weighted by atomic mass is 10.0. The molecule has 1 amide bonds. The van der Waals surface area contributed by atoms with E-state index in [1.54, 1.807) is 18.5 Å². The highest BCUT2D eigenvalue weighted by Crippen LogP contribution is 2.44. The van der Waals surface area contributed by atoms with Gasteiger partial charge >= 0.3 is 0 Å². The molecule has 1 fully saturated rings. The minimum absolute atomic E-state index is 0.0548. The maximum absolute atomic E-state index is 13.0. The fourth-order valence-corrected chi connectivity index (χ4v) is 4.87. The number of benzene rings is 1. The zero-order valence-electron chi connectivity index (χ0n) is 15.8. The van der Waals surface area contributed by atoms with Gasteiger partial charge in [-0.1, -0.05) is 12.1 Å². The van der Waals surface area contributed by atoms with Gasteiger partial charge in [0.15, 0.2) is 0 Å². The van der Waals surface area contributed by atoms with Gasteiger partial charge in [0.25, 0.3) is 0 Å². The summed E-state index contributed by atoms with van der Waals surface area (Å²) in [5, 5.41) is 0.398. The molecule has 0 radical (unpaired) electrons. The van der Waals surface area contributed by atoms with Crippen LogP contribution in [0.2, 0.25) is 0 Å². The van der Waals surface area contributed by atoms with E-state index in [1.807, 2.05) is 16.7 Å². The Hall–Kier alpha value is -2.19. The third kappa shape index (κ3) is 3.84. The summed E-state index contributed by atoms with van der Waals surface area (Å²) in [6.07, 6.45) is 2.05. The number of carbonyl (C=O) groups is 1. The predicted octanol–water partition coefficient (Wildman–Crippen LogP) is 2.14. The Kier molecular flexibility index (Phi) is 5.50. The van der Waals surface area contributed by atoms with Crippen LogP contribution in [0.5, 0.6) is 0 Å². The first-order chi connectivity index (χ1) is 13.5. The molecule has 6 nitrogen and oxygen atoms in total. The largest absolute Gasteiger partial charge is 0.353 e. The van der Waals surface area contributed by atoms with Gasteiger partial charge < -0.3 is 15.5 Å². The van der Waals surface area contributed by atoms with Crippen molar-refractivity contribution in [3.63, 3.8) is 0 Å². The van der Waals surface area contributed by atoms with Gasteiger partial charge in [0.1, 0.15) is 18.0 Å². The maximum Gasteiger partial charge on any atom is 0.239 e. The van der Waals surface area contributed by atoms with Gasteiger partial charge in [-0.05, 0) is 31.0 Å². The quantitative estimate of drug-likeness (QED) is 0.846. The van der Waals surface area contributed by atoms with E-state index in [0.717, 1.165) is 35.9 Å². The van der Waals surface area contributed by atoms with Crippen LogP contribution in [0, 0.1) is 5.82 Å². The zero-order chi connectivity index (χ0) is 19.7. The molecule has 4 rings (SSSR count). The predicted molar refractivity (Wildman–Crippen MR) is 109 cm³/mol. The third-order valence-electron chi connectivity index (χ3n) is 5.40. The molecule has 1 saturated heterocycles. The monoisotopic (exact) mass is 401 g/mol. The maximum atomic E-state index is 13.0. The molecule has 0 saturated carbocycles. The molecule has 1 aromatic carbocycles. The van der Waals surface area contributed by atoms with Gasteiger partial charge in [-0.15, -0.1) is 11.8 Å². The van der Waals surface area contributed by atoms with Crippen molar-refractivity contribution >= 4 is 23.5 Å². The second kappa shape index (κ2) is 8.05. The molecule has 28 heavy (non-hydrogen) atoms. The fourth-order valence-electron chi connectivity index (χ4n) is 3.83. The van der Waals surface area contributed by atoms with E-state index < -0.39 is 6.04 Å². The van der Waals surface area contributed by atoms with Crippen LogP contribution in [0.1, 0.15) is 29.0 Å². The standard InChI is InChI=1S/C20H24FN5OS/c1-13-18-17(11-28-13)23-12-24-19(18)25-6-8-26(9-7-25)20(27)16(22)10-14-2-4-15(21)5-3-14/h2-5,12-13,16H,6-11,22H2,1H3/t13-,16-/m1/s1. The highest BCUT2D eigenvalue weighted by atomic mass is 32.2. The molecule has 2 atom stereocenters. The van der Waals surface area contributed by atoms with Gasteiger partial charge in [-0.3, -0.25) is 4.79 Å². The first-order valence-corrected chi connectivity index (χ1v) is 10.6. The lowest BCUT2D eigenvalue weighted by Crippen LogP contribution is -2.54. The Morgan fingerprint density at radius 1 is 1.25 bits per heavy atom. The van der Waals surface area contributed by atoms with Crippen molar-refractivity contribution < 1.29 is 9.18 Å². The van der Waals surface area contributed by atoms with E-state index in [1.165, 1.54) is 17.7 Å². The summed E-state index contributed by atoms with van der Waals surface area (Å²) in [5.41, 5.74) is 9.36. The Labute approximate surface area is 168 Å². The number of carbonyl (C=O) groups excluding carboxylic acids is 1. The lowest BCUT2D eigenvalue weighted by molar-refractivity contribution is -0.132. The van der Waals surface area contributed by atoms with E-state index in [0.29, 0.717) is 24.8 Å². The van der Waals surface area contributed by atoms with E-state index in [2.05, 4.69) is 21.8 Å². The summed E-state index contributed by atoms with van der Waals surface area (Å²) in [6, 6.07) is 5.52. The number of amides is 1. The van der Waals surface area contributed by atoms with Crippen molar-refractivity contribution in [3.05, 3.63) is 53.2 Å². The van der Waals surface area contributed by atoms with Crippen molar-refractivity contribution in [2.45, 2.75) is 30.4 Å². The summed E-state index contributed by atoms with van der Waals surface area (Å²) in [7, 11) is 0. The van der Waals surface area contributed by atoms with E-state index in [4.69, 9.17) is 5.73 Å². The minimum Gasteiger partial charge on any atom is -0.353 e. The number of thioether (sulfide) groups is 1. The number of fused-ring (bicyclic) bond motifs is 1. The smallest absolute Gasteiger partial charge is 0.239 e. The van der Waals surface area contributed by atoms with Crippen molar-refractivity contribution in [1.82, 2.24) is 14.9 Å². The minimum atomic E-state index is -0.614. The number of halogens is 1. The lowest BCUT2D eigenvalue weighted by Gasteiger charge is -2.37. The van der Waals surface area contributed by atoms with E-state index in [9.17, 15) is 9.18 Å². The second-order valence-electron chi connectivity index (χ2n) is 7.26. The summed E-state index contributed by atoms with van der Waals surface area (Å²) in [5.74, 6) is 1.60. The number of nitrogens with zero attached hydrogens (tertiary/aromatic N) is 4. The van der Waals surface area contributed by atoms with Crippen LogP contribution in [0.25, 0.3) is 0 Å². The number of hydrogen-bond donors (Lipinski definition) is 1. The van der Waals surface area contributed by atoms with E-state index >= 15 is 0 Å². The highest BCUT2D eigenvalue weighted by molar-refractivity contribution is 7.99. The summed E-state index contributed by atoms with van der Waals surface area (Å²) in [4.78, 5) is 25.8. The molecule has 0 unspecified atom stereocenters.